The van der Waals surface area contributed by atoms with Crippen LogP contribution in [0, 0.1) is 6.92 Å². The Balaban J connectivity index is 2.86. The van der Waals surface area contributed by atoms with Crippen LogP contribution in [-0.4, -0.2) is 18.6 Å². The second kappa shape index (κ2) is 6.25. The number of rotatable bonds is 5. The van der Waals surface area contributed by atoms with Gasteiger partial charge in [-0.2, -0.15) is 0 Å². The van der Waals surface area contributed by atoms with Crippen molar-refractivity contribution >= 4 is 11.6 Å². The fourth-order valence-corrected chi connectivity index (χ4v) is 1.42. The van der Waals surface area contributed by atoms with Gasteiger partial charge in [0, 0.05) is 0 Å². The molecule has 3 N–H and O–H groups in total. The molecule has 0 aliphatic heterocycles. The first-order valence-corrected chi connectivity index (χ1v) is 5.88. The highest BCUT2D eigenvalue weighted by atomic mass is 16.5. The minimum absolute atomic E-state index is 0.183. The summed E-state index contributed by atoms with van der Waals surface area (Å²) in [7, 11) is 0. The van der Waals surface area contributed by atoms with Crippen molar-refractivity contribution in [3.63, 3.8) is 0 Å². The number of benzene rings is 1. The Labute approximate surface area is 102 Å². The Morgan fingerprint density at radius 1 is 1.47 bits per heavy atom. The Morgan fingerprint density at radius 2 is 2.18 bits per heavy atom. The Morgan fingerprint density at radius 3 is 2.76 bits per heavy atom. The maximum absolute atomic E-state index is 11.7. The number of nitrogens with one attached hydrogen (secondary N) is 1. The molecular weight excluding hydrogens is 216 g/mol. The number of hydrogen-bond donors (Lipinski definition) is 2. The third-order valence-corrected chi connectivity index (χ3v) is 2.47. The summed E-state index contributed by atoms with van der Waals surface area (Å²) in [5.41, 5.74) is 7.43. The van der Waals surface area contributed by atoms with Crippen LogP contribution in [0.15, 0.2) is 18.2 Å². The molecule has 0 spiro atoms. The van der Waals surface area contributed by atoms with Gasteiger partial charge in [-0.15, -0.1) is 0 Å². The SMILES string of the molecule is CCOc1cc(C)ccc1NC(=O)C(N)CC. The Hall–Kier alpha value is -1.55. The topological polar surface area (TPSA) is 64.3 Å². The second-order valence-corrected chi connectivity index (χ2v) is 3.94. The molecule has 1 rings (SSSR count). The lowest BCUT2D eigenvalue weighted by Gasteiger charge is -2.14. The molecule has 0 aromatic heterocycles. The Bertz CT molecular complexity index is 391. The highest BCUT2D eigenvalue weighted by molar-refractivity contribution is 5.95. The first-order valence-electron chi connectivity index (χ1n) is 5.88. The van der Waals surface area contributed by atoms with E-state index in [4.69, 9.17) is 10.5 Å². The molecule has 4 heteroatoms. The predicted molar refractivity (Wildman–Crippen MR) is 69.2 cm³/mol. The third kappa shape index (κ3) is 3.75. The largest absolute Gasteiger partial charge is 0.492 e. The zero-order valence-corrected chi connectivity index (χ0v) is 10.6. The third-order valence-electron chi connectivity index (χ3n) is 2.47. The van der Waals surface area contributed by atoms with Crippen LogP contribution in [0.25, 0.3) is 0 Å². The van der Waals surface area contributed by atoms with Gasteiger partial charge in [-0.3, -0.25) is 4.79 Å². The van der Waals surface area contributed by atoms with Crippen LogP contribution in [-0.2, 0) is 4.79 Å². The van der Waals surface area contributed by atoms with Crippen LogP contribution in [0.3, 0.4) is 0 Å². The van der Waals surface area contributed by atoms with Crippen molar-refractivity contribution < 1.29 is 9.53 Å². The molecule has 0 heterocycles. The van der Waals surface area contributed by atoms with Crippen molar-refractivity contribution in [3.8, 4) is 5.75 Å². The second-order valence-electron chi connectivity index (χ2n) is 3.94. The lowest BCUT2D eigenvalue weighted by atomic mass is 10.2. The molecule has 0 bridgehead atoms. The summed E-state index contributed by atoms with van der Waals surface area (Å²) in [5.74, 6) is 0.501. The fraction of sp³-hybridized carbons (Fsp3) is 0.462. The molecule has 1 unspecified atom stereocenters. The molecule has 1 amide bonds. The summed E-state index contributed by atoms with van der Waals surface area (Å²) in [4.78, 5) is 11.7. The molecule has 17 heavy (non-hydrogen) atoms. The molecule has 4 nitrogen and oxygen atoms in total. The van der Waals surface area contributed by atoms with E-state index < -0.39 is 6.04 Å². The summed E-state index contributed by atoms with van der Waals surface area (Å²) >= 11 is 0. The number of carbonyl (C=O) groups is 1. The van der Waals surface area contributed by atoms with Crippen molar-refractivity contribution in [2.45, 2.75) is 33.2 Å². The minimum atomic E-state index is -0.481. The average Bonchev–Trinajstić information content (AvgIpc) is 2.31. The maximum atomic E-state index is 11.7. The van der Waals surface area contributed by atoms with Gasteiger partial charge >= 0.3 is 0 Å². The predicted octanol–water partition coefficient (Wildman–Crippen LogP) is 2.07. The van der Waals surface area contributed by atoms with Crippen LogP contribution < -0.4 is 15.8 Å². The molecule has 0 radical (unpaired) electrons. The van der Waals surface area contributed by atoms with Gasteiger partial charge in [0.1, 0.15) is 5.75 Å². The quantitative estimate of drug-likeness (QED) is 0.822. The molecular formula is C13H20N2O2. The molecule has 0 fully saturated rings. The summed E-state index contributed by atoms with van der Waals surface area (Å²) in [6, 6.07) is 5.18. The summed E-state index contributed by atoms with van der Waals surface area (Å²) < 4.78 is 5.48. The van der Waals surface area contributed by atoms with E-state index >= 15 is 0 Å². The number of ether oxygens (including phenoxy) is 1. The van der Waals surface area contributed by atoms with Crippen LogP contribution in [0.5, 0.6) is 5.75 Å². The first kappa shape index (κ1) is 13.5. The van der Waals surface area contributed by atoms with Crippen LogP contribution in [0.4, 0.5) is 5.69 Å². The number of aryl methyl sites for hydroxylation is 1. The summed E-state index contributed by atoms with van der Waals surface area (Å²) in [5, 5.41) is 2.78. The van der Waals surface area contributed by atoms with Crippen molar-refractivity contribution in [2.24, 2.45) is 5.73 Å². The minimum Gasteiger partial charge on any atom is -0.492 e. The van der Waals surface area contributed by atoms with Crippen LogP contribution >= 0.6 is 0 Å². The average molecular weight is 236 g/mol. The molecule has 1 aromatic rings. The lowest BCUT2D eigenvalue weighted by molar-refractivity contribution is -0.117. The van der Waals surface area contributed by atoms with E-state index in [0.29, 0.717) is 24.5 Å². The Kier molecular flexibility index (Phi) is 4.97. The van der Waals surface area contributed by atoms with E-state index in [2.05, 4.69) is 5.32 Å². The van der Waals surface area contributed by atoms with Gasteiger partial charge in [-0.05, 0) is 38.0 Å². The fourth-order valence-electron chi connectivity index (χ4n) is 1.42. The monoisotopic (exact) mass is 236 g/mol. The summed E-state index contributed by atoms with van der Waals surface area (Å²) in [6.07, 6.45) is 0.613. The van der Waals surface area contributed by atoms with E-state index in [9.17, 15) is 4.79 Å². The molecule has 1 atom stereocenters. The molecule has 94 valence electrons. The lowest BCUT2D eigenvalue weighted by Crippen LogP contribution is -2.34. The molecule has 0 saturated carbocycles. The molecule has 0 aliphatic carbocycles. The van der Waals surface area contributed by atoms with Crippen molar-refractivity contribution in [2.75, 3.05) is 11.9 Å². The van der Waals surface area contributed by atoms with Crippen molar-refractivity contribution in [1.82, 2.24) is 0 Å². The van der Waals surface area contributed by atoms with Gasteiger partial charge in [0.05, 0.1) is 18.3 Å². The van der Waals surface area contributed by atoms with E-state index in [0.717, 1.165) is 5.56 Å². The molecule has 1 aromatic carbocycles. The van der Waals surface area contributed by atoms with E-state index in [1.807, 2.05) is 39.0 Å². The van der Waals surface area contributed by atoms with Gasteiger partial charge in [-0.25, -0.2) is 0 Å². The number of anilines is 1. The zero-order valence-electron chi connectivity index (χ0n) is 10.6. The van der Waals surface area contributed by atoms with E-state index in [-0.39, 0.29) is 5.91 Å². The van der Waals surface area contributed by atoms with Crippen molar-refractivity contribution in [1.29, 1.82) is 0 Å². The normalized spacial score (nSPS) is 12.0. The molecule has 0 saturated heterocycles. The number of carbonyl (C=O) groups excluding carboxylic acids is 1. The van der Waals surface area contributed by atoms with Gasteiger partial charge in [0.25, 0.3) is 0 Å². The van der Waals surface area contributed by atoms with E-state index in [1.54, 1.807) is 0 Å². The maximum Gasteiger partial charge on any atom is 0.241 e. The van der Waals surface area contributed by atoms with Crippen molar-refractivity contribution in [3.05, 3.63) is 23.8 Å². The van der Waals surface area contributed by atoms with Gasteiger partial charge in [0.2, 0.25) is 5.91 Å². The number of amides is 1. The highest BCUT2D eigenvalue weighted by Crippen LogP contribution is 2.25. The number of nitrogens with two attached hydrogens (primary N) is 1. The zero-order chi connectivity index (χ0) is 12.8. The van der Waals surface area contributed by atoms with Gasteiger partial charge < -0.3 is 15.8 Å². The van der Waals surface area contributed by atoms with Crippen LogP contribution in [0.2, 0.25) is 0 Å². The number of hydrogen-bond acceptors (Lipinski definition) is 3. The smallest absolute Gasteiger partial charge is 0.241 e. The standard InChI is InChI=1S/C13H20N2O2/c1-4-10(14)13(16)15-11-7-6-9(3)8-12(11)17-5-2/h6-8,10H,4-5,14H2,1-3H3,(H,15,16). The highest BCUT2D eigenvalue weighted by Gasteiger charge is 2.13. The summed E-state index contributed by atoms with van der Waals surface area (Å²) in [6.45, 7) is 6.33. The van der Waals surface area contributed by atoms with Gasteiger partial charge in [-0.1, -0.05) is 13.0 Å². The van der Waals surface area contributed by atoms with E-state index in [1.165, 1.54) is 0 Å². The van der Waals surface area contributed by atoms with Crippen LogP contribution in [0.1, 0.15) is 25.8 Å². The first-order chi connectivity index (χ1) is 8.08. The molecule has 0 aliphatic rings. The van der Waals surface area contributed by atoms with Gasteiger partial charge in [0.15, 0.2) is 0 Å².